The molecular formula is C17H19F3N2O4. The standard InChI is InChI=1S/C17H19F3N2O4/c1-10(14(15(23)24-3)22-16(21)25-4)11(2)26-9-12-6-5-7-13(8-12)17(18,19)20/h5-8H,2,9H2,1,3-4H3,(H2,21,22)/b14-10-. The zero-order chi connectivity index (χ0) is 19.9. The van der Waals surface area contributed by atoms with Gasteiger partial charge in [0.2, 0.25) is 0 Å². The van der Waals surface area contributed by atoms with Crippen molar-refractivity contribution in [2.45, 2.75) is 19.7 Å². The molecule has 0 bridgehead atoms. The molecule has 0 aliphatic carbocycles. The summed E-state index contributed by atoms with van der Waals surface area (Å²) in [6.45, 7) is 4.95. The number of carbonyl (C=O) groups is 1. The highest BCUT2D eigenvalue weighted by Crippen LogP contribution is 2.30. The van der Waals surface area contributed by atoms with E-state index in [0.29, 0.717) is 0 Å². The van der Waals surface area contributed by atoms with Crippen molar-refractivity contribution in [1.29, 1.82) is 0 Å². The third kappa shape index (κ3) is 5.83. The molecule has 0 amide bonds. The molecule has 0 fully saturated rings. The van der Waals surface area contributed by atoms with E-state index in [1.807, 2.05) is 0 Å². The Kier molecular flexibility index (Phi) is 7.24. The van der Waals surface area contributed by atoms with Crippen molar-refractivity contribution in [2.75, 3.05) is 14.2 Å². The quantitative estimate of drug-likeness (QED) is 0.207. The van der Waals surface area contributed by atoms with Gasteiger partial charge >= 0.3 is 12.1 Å². The summed E-state index contributed by atoms with van der Waals surface area (Å²) in [4.78, 5) is 15.6. The van der Waals surface area contributed by atoms with Crippen molar-refractivity contribution in [2.24, 2.45) is 10.7 Å². The molecule has 0 unspecified atom stereocenters. The normalized spacial score (nSPS) is 12.9. The fourth-order valence-electron chi connectivity index (χ4n) is 1.78. The average molecular weight is 372 g/mol. The molecular weight excluding hydrogens is 353 g/mol. The SMILES string of the molecule is C=C(OCc1cccc(C(F)(F)F)c1)/C(C)=C(\N=C(/N)OC)C(=O)OC. The summed E-state index contributed by atoms with van der Waals surface area (Å²) in [5, 5.41) is 0. The first kappa shape index (κ1) is 21.1. The monoisotopic (exact) mass is 372 g/mol. The number of amidine groups is 1. The number of carbonyl (C=O) groups excluding carboxylic acids is 1. The molecule has 0 aromatic heterocycles. The third-order valence-electron chi connectivity index (χ3n) is 3.25. The molecule has 26 heavy (non-hydrogen) atoms. The van der Waals surface area contributed by atoms with Crippen LogP contribution in [0.4, 0.5) is 13.2 Å². The van der Waals surface area contributed by atoms with Gasteiger partial charge in [-0.2, -0.15) is 18.2 Å². The number of benzene rings is 1. The topological polar surface area (TPSA) is 83.1 Å². The van der Waals surface area contributed by atoms with Gasteiger partial charge in [-0.05, 0) is 24.6 Å². The molecule has 0 heterocycles. The van der Waals surface area contributed by atoms with Crippen molar-refractivity contribution in [3.63, 3.8) is 0 Å². The Morgan fingerprint density at radius 2 is 1.92 bits per heavy atom. The van der Waals surface area contributed by atoms with Crippen LogP contribution in [0.15, 0.2) is 52.9 Å². The van der Waals surface area contributed by atoms with E-state index < -0.39 is 17.7 Å². The van der Waals surface area contributed by atoms with E-state index in [9.17, 15) is 18.0 Å². The van der Waals surface area contributed by atoms with E-state index in [1.54, 1.807) is 0 Å². The minimum Gasteiger partial charge on any atom is -0.489 e. The van der Waals surface area contributed by atoms with Crippen molar-refractivity contribution >= 4 is 12.0 Å². The zero-order valence-electron chi connectivity index (χ0n) is 14.5. The van der Waals surface area contributed by atoms with Gasteiger partial charge in [0.1, 0.15) is 12.4 Å². The van der Waals surface area contributed by atoms with Crippen molar-refractivity contribution in [3.8, 4) is 0 Å². The number of halogens is 3. The van der Waals surface area contributed by atoms with Gasteiger partial charge in [0, 0.05) is 5.57 Å². The molecule has 0 saturated carbocycles. The summed E-state index contributed by atoms with van der Waals surface area (Å²) in [5.74, 6) is -0.776. The summed E-state index contributed by atoms with van der Waals surface area (Å²) in [6, 6.07) is 4.39. The number of nitrogens with two attached hydrogens (primary N) is 1. The number of allylic oxidation sites excluding steroid dienone is 1. The number of nitrogens with zero attached hydrogens (tertiary/aromatic N) is 1. The zero-order valence-corrected chi connectivity index (χ0v) is 14.5. The second-order valence-corrected chi connectivity index (χ2v) is 5.03. The molecule has 142 valence electrons. The van der Waals surface area contributed by atoms with Crippen molar-refractivity contribution in [3.05, 3.63) is 59.0 Å². The predicted octanol–water partition coefficient (Wildman–Crippen LogP) is 3.14. The van der Waals surface area contributed by atoms with Crippen LogP contribution in [0.1, 0.15) is 18.1 Å². The Hall–Kier alpha value is -2.97. The molecule has 0 atom stereocenters. The molecule has 9 heteroatoms. The molecule has 1 aromatic carbocycles. The minimum atomic E-state index is -4.45. The number of aliphatic imine (C=N–C) groups is 1. The Labute approximate surface area is 148 Å². The summed E-state index contributed by atoms with van der Waals surface area (Å²) in [6.07, 6.45) is -4.45. The summed E-state index contributed by atoms with van der Waals surface area (Å²) < 4.78 is 52.9. The maximum absolute atomic E-state index is 12.7. The van der Waals surface area contributed by atoms with Gasteiger partial charge < -0.3 is 19.9 Å². The molecule has 0 spiro atoms. The predicted molar refractivity (Wildman–Crippen MR) is 88.7 cm³/mol. The maximum atomic E-state index is 12.7. The molecule has 0 radical (unpaired) electrons. The molecule has 0 saturated heterocycles. The lowest BCUT2D eigenvalue weighted by atomic mass is 10.1. The van der Waals surface area contributed by atoms with Crippen LogP contribution in [0.2, 0.25) is 0 Å². The van der Waals surface area contributed by atoms with Crippen molar-refractivity contribution < 1.29 is 32.2 Å². The lowest BCUT2D eigenvalue weighted by molar-refractivity contribution is -0.138. The number of esters is 1. The van der Waals surface area contributed by atoms with E-state index in [1.165, 1.54) is 26.2 Å². The fourth-order valence-corrected chi connectivity index (χ4v) is 1.78. The number of methoxy groups -OCH3 is 2. The van der Waals surface area contributed by atoms with Crippen molar-refractivity contribution in [1.82, 2.24) is 0 Å². The fraction of sp³-hybridized carbons (Fsp3) is 0.294. The first-order chi connectivity index (χ1) is 12.1. The highest BCUT2D eigenvalue weighted by Gasteiger charge is 2.30. The summed E-state index contributed by atoms with van der Waals surface area (Å²) in [5.41, 5.74) is 4.94. The lowest BCUT2D eigenvalue weighted by Gasteiger charge is -2.13. The maximum Gasteiger partial charge on any atom is 0.416 e. The number of hydrogen-bond acceptors (Lipinski definition) is 5. The van der Waals surface area contributed by atoms with Crippen LogP contribution < -0.4 is 5.73 Å². The number of hydrogen-bond donors (Lipinski definition) is 1. The van der Waals surface area contributed by atoms with E-state index >= 15 is 0 Å². The van der Waals surface area contributed by atoms with E-state index in [-0.39, 0.29) is 35.2 Å². The van der Waals surface area contributed by atoms with Gasteiger partial charge in [0.15, 0.2) is 5.70 Å². The van der Waals surface area contributed by atoms with E-state index in [0.717, 1.165) is 19.2 Å². The molecule has 6 nitrogen and oxygen atoms in total. The van der Waals surface area contributed by atoms with E-state index in [2.05, 4.69) is 21.0 Å². The number of rotatable bonds is 6. The van der Waals surface area contributed by atoms with Gasteiger partial charge in [-0.15, -0.1) is 0 Å². The smallest absolute Gasteiger partial charge is 0.416 e. The lowest BCUT2D eigenvalue weighted by Crippen LogP contribution is -2.17. The molecule has 2 N–H and O–H groups in total. The second kappa shape index (κ2) is 8.93. The molecule has 0 aliphatic heterocycles. The van der Waals surface area contributed by atoms with Crippen LogP contribution in [-0.4, -0.2) is 26.2 Å². The van der Waals surface area contributed by atoms with E-state index in [4.69, 9.17) is 10.5 Å². The number of alkyl halides is 3. The van der Waals surface area contributed by atoms with Gasteiger partial charge in [0.05, 0.1) is 19.8 Å². The highest BCUT2D eigenvalue weighted by atomic mass is 19.4. The third-order valence-corrected chi connectivity index (χ3v) is 3.25. The van der Waals surface area contributed by atoms with Gasteiger partial charge in [0.25, 0.3) is 6.02 Å². The summed E-state index contributed by atoms with van der Waals surface area (Å²) in [7, 11) is 2.42. The Morgan fingerprint density at radius 3 is 2.46 bits per heavy atom. The molecule has 1 aromatic rings. The van der Waals surface area contributed by atoms with Crippen LogP contribution in [0, 0.1) is 0 Å². The molecule has 1 rings (SSSR count). The van der Waals surface area contributed by atoms with Gasteiger partial charge in [-0.25, -0.2) is 4.79 Å². The van der Waals surface area contributed by atoms with Crippen LogP contribution >= 0.6 is 0 Å². The van der Waals surface area contributed by atoms with Gasteiger partial charge in [-0.3, -0.25) is 0 Å². The Bertz CT molecular complexity index is 740. The molecule has 0 aliphatic rings. The average Bonchev–Trinajstić information content (AvgIpc) is 2.62. The Balaban J connectivity index is 2.99. The van der Waals surface area contributed by atoms with Gasteiger partial charge in [-0.1, -0.05) is 18.7 Å². The first-order valence-corrected chi connectivity index (χ1v) is 7.25. The summed E-state index contributed by atoms with van der Waals surface area (Å²) >= 11 is 0. The second-order valence-electron chi connectivity index (χ2n) is 5.03. The Morgan fingerprint density at radius 1 is 1.27 bits per heavy atom. The van der Waals surface area contributed by atoms with Crippen LogP contribution in [-0.2, 0) is 31.8 Å². The van der Waals surface area contributed by atoms with Crippen LogP contribution in [0.25, 0.3) is 0 Å². The van der Waals surface area contributed by atoms with Crippen LogP contribution in [0.3, 0.4) is 0 Å². The van der Waals surface area contributed by atoms with Crippen LogP contribution in [0.5, 0.6) is 0 Å². The largest absolute Gasteiger partial charge is 0.489 e. The minimum absolute atomic E-state index is 0.0236. The first-order valence-electron chi connectivity index (χ1n) is 7.25. The highest BCUT2D eigenvalue weighted by molar-refractivity contribution is 5.92. The number of ether oxygens (including phenoxy) is 3.